The fraction of sp³-hybridized carbons (Fsp3) is 0.318. The fourth-order valence-corrected chi connectivity index (χ4v) is 3.60. The number of nitrogens with zero attached hydrogens (tertiary/aromatic N) is 2. The van der Waals surface area contributed by atoms with Crippen molar-refractivity contribution in [3.63, 3.8) is 0 Å². The van der Waals surface area contributed by atoms with E-state index < -0.39 is 11.6 Å². The van der Waals surface area contributed by atoms with Gasteiger partial charge in [-0.05, 0) is 24.3 Å². The monoisotopic (exact) mass is 409 g/mol. The predicted octanol–water partition coefficient (Wildman–Crippen LogP) is 3.79. The summed E-state index contributed by atoms with van der Waals surface area (Å²) in [4.78, 5) is 31.8. The Morgan fingerprint density at radius 1 is 1.07 bits per heavy atom. The largest absolute Gasteiger partial charge is 0.464 e. The Bertz CT molecular complexity index is 952. The van der Waals surface area contributed by atoms with Gasteiger partial charge in [-0.3, -0.25) is 0 Å². The highest BCUT2D eigenvalue weighted by atomic mass is 16.7. The molecule has 2 aliphatic rings. The summed E-state index contributed by atoms with van der Waals surface area (Å²) < 4.78 is 10.6. The van der Waals surface area contributed by atoms with E-state index in [-0.39, 0.29) is 6.03 Å². The molecule has 0 bridgehead atoms. The summed E-state index contributed by atoms with van der Waals surface area (Å²) in [7, 11) is 1.32. The molecule has 1 N–H and O–H groups in total. The third-order valence-corrected chi connectivity index (χ3v) is 5.32. The molecule has 8 heteroatoms. The molecule has 0 radical (unpaired) electrons. The number of urea groups is 1. The number of ether oxygens (including phenoxy) is 2. The zero-order chi connectivity index (χ0) is 21.0. The highest BCUT2D eigenvalue weighted by Crippen LogP contribution is 2.35. The molecule has 156 valence electrons. The van der Waals surface area contributed by atoms with Crippen molar-refractivity contribution in [1.82, 2.24) is 4.90 Å². The first-order valence-corrected chi connectivity index (χ1v) is 9.80. The number of benzene rings is 2. The van der Waals surface area contributed by atoms with Gasteiger partial charge in [-0.2, -0.15) is 0 Å². The van der Waals surface area contributed by atoms with Crippen LogP contribution in [0.2, 0.25) is 0 Å². The fourth-order valence-electron chi connectivity index (χ4n) is 3.60. The van der Waals surface area contributed by atoms with E-state index in [1.807, 2.05) is 48.5 Å². The maximum Gasteiger partial charge on any atom is 0.355 e. The Kier molecular flexibility index (Phi) is 5.56. The van der Waals surface area contributed by atoms with Crippen LogP contribution in [0.25, 0.3) is 0 Å². The van der Waals surface area contributed by atoms with Crippen LogP contribution >= 0.6 is 0 Å². The van der Waals surface area contributed by atoms with Gasteiger partial charge in [-0.25, -0.2) is 9.59 Å². The van der Waals surface area contributed by atoms with Gasteiger partial charge in [0.2, 0.25) is 0 Å². The summed E-state index contributed by atoms with van der Waals surface area (Å²) in [6.45, 7) is 0.995. The topological polar surface area (TPSA) is 89.5 Å². The molecule has 1 saturated heterocycles. The molecular formula is C22H23N3O5. The molecule has 2 aromatic carbocycles. The molecule has 0 aliphatic carbocycles. The van der Waals surface area contributed by atoms with Crippen LogP contribution in [-0.2, 0) is 14.4 Å². The number of nitrogens with one attached hydrogen (secondary N) is 1. The van der Waals surface area contributed by atoms with Crippen molar-refractivity contribution >= 4 is 23.4 Å². The molecule has 2 amide bonds. The summed E-state index contributed by atoms with van der Waals surface area (Å²) in [6, 6.07) is 16.5. The van der Waals surface area contributed by atoms with Gasteiger partial charge in [0.15, 0.2) is 11.5 Å². The van der Waals surface area contributed by atoms with E-state index in [9.17, 15) is 9.59 Å². The number of hydrogen-bond donors (Lipinski definition) is 1. The molecule has 4 rings (SSSR count). The molecule has 2 heterocycles. The lowest BCUT2D eigenvalue weighted by Crippen LogP contribution is -2.48. The summed E-state index contributed by atoms with van der Waals surface area (Å²) in [5.41, 5.74) is 0.358. The van der Waals surface area contributed by atoms with Gasteiger partial charge in [0.1, 0.15) is 11.4 Å². The molecule has 1 fully saturated rings. The molecule has 2 aliphatic heterocycles. The lowest BCUT2D eigenvalue weighted by molar-refractivity contribution is -0.132. The number of piperidine rings is 1. The molecule has 0 aromatic heterocycles. The van der Waals surface area contributed by atoms with Crippen molar-refractivity contribution in [2.24, 2.45) is 5.16 Å². The van der Waals surface area contributed by atoms with E-state index in [4.69, 9.17) is 14.3 Å². The zero-order valence-corrected chi connectivity index (χ0v) is 16.7. The third kappa shape index (κ3) is 4.22. The van der Waals surface area contributed by atoms with Crippen LogP contribution in [-0.4, -0.2) is 48.4 Å². The van der Waals surface area contributed by atoms with Crippen LogP contribution in [0.3, 0.4) is 0 Å². The van der Waals surface area contributed by atoms with Crippen LogP contribution in [0.4, 0.5) is 10.5 Å². The minimum Gasteiger partial charge on any atom is -0.464 e. The molecule has 1 spiro atoms. The highest BCUT2D eigenvalue weighted by Gasteiger charge is 2.44. The number of oxime groups is 1. The molecule has 0 saturated carbocycles. The second kappa shape index (κ2) is 8.44. The minimum absolute atomic E-state index is 0.207. The van der Waals surface area contributed by atoms with Crippen molar-refractivity contribution in [3.05, 3.63) is 54.6 Å². The van der Waals surface area contributed by atoms with E-state index in [1.165, 1.54) is 7.11 Å². The lowest BCUT2D eigenvalue weighted by Gasteiger charge is -2.37. The summed E-state index contributed by atoms with van der Waals surface area (Å²) in [6.07, 6.45) is 1.59. The van der Waals surface area contributed by atoms with Crippen molar-refractivity contribution in [3.8, 4) is 11.5 Å². The first-order valence-electron chi connectivity index (χ1n) is 9.80. The summed E-state index contributed by atoms with van der Waals surface area (Å²) in [5, 5.41) is 6.81. The van der Waals surface area contributed by atoms with Crippen molar-refractivity contribution in [2.45, 2.75) is 24.9 Å². The SMILES string of the molecule is COC(=O)C1=NOC2(CCN(C(=O)Nc3ccccc3Oc3ccccc3)CC2)C1. The average Bonchev–Trinajstić information content (AvgIpc) is 3.19. The Hall–Kier alpha value is -3.55. The number of methoxy groups -OCH3 is 1. The molecule has 0 unspecified atom stereocenters. The van der Waals surface area contributed by atoms with Gasteiger partial charge in [0, 0.05) is 32.4 Å². The number of esters is 1. The Morgan fingerprint density at radius 3 is 2.50 bits per heavy atom. The van der Waals surface area contributed by atoms with E-state index in [0.717, 1.165) is 0 Å². The molecular weight excluding hydrogens is 386 g/mol. The standard InChI is InChI=1S/C22H23N3O5/c1-28-20(26)18-15-22(30-24-18)11-13-25(14-12-22)21(27)23-17-9-5-6-10-19(17)29-16-7-3-2-4-8-16/h2-10H,11-15H2,1H3,(H,23,27). The van der Waals surface area contributed by atoms with E-state index >= 15 is 0 Å². The van der Waals surface area contributed by atoms with Gasteiger partial charge in [-0.15, -0.1) is 0 Å². The number of para-hydroxylation sites is 3. The highest BCUT2D eigenvalue weighted by molar-refractivity contribution is 6.36. The molecule has 8 nitrogen and oxygen atoms in total. The van der Waals surface area contributed by atoms with Gasteiger partial charge >= 0.3 is 12.0 Å². The lowest BCUT2D eigenvalue weighted by atomic mass is 9.87. The van der Waals surface area contributed by atoms with Crippen LogP contribution in [0, 0.1) is 0 Å². The van der Waals surface area contributed by atoms with Crippen LogP contribution < -0.4 is 10.1 Å². The molecule has 2 aromatic rings. The quantitative estimate of drug-likeness (QED) is 0.776. The number of rotatable bonds is 4. The number of hydrogen-bond acceptors (Lipinski definition) is 6. The first kappa shape index (κ1) is 19.8. The van der Waals surface area contributed by atoms with Gasteiger partial charge in [-0.1, -0.05) is 35.5 Å². The van der Waals surface area contributed by atoms with Crippen LogP contribution in [0.15, 0.2) is 59.8 Å². The first-order chi connectivity index (χ1) is 14.6. The Labute approximate surface area is 174 Å². The third-order valence-electron chi connectivity index (χ3n) is 5.32. The van der Waals surface area contributed by atoms with E-state index in [0.29, 0.717) is 55.3 Å². The number of carbonyl (C=O) groups is 2. The van der Waals surface area contributed by atoms with Gasteiger partial charge < -0.3 is 24.5 Å². The molecule has 30 heavy (non-hydrogen) atoms. The minimum atomic E-state index is -0.533. The molecule has 0 atom stereocenters. The van der Waals surface area contributed by atoms with Crippen LogP contribution in [0.5, 0.6) is 11.5 Å². The van der Waals surface area contributed by atoms with Crippen molar-refractivity contribution in [1.29, 1.82) is 0 Å². The van der Waals surface area contributed by atoms with Gasteiger partial charge in [0.05, 0.1) is 12.8 Å². The number of amides is 2. The van der Waals surface area contributed by atoms with E-state index in [1.54, 1.807) is 11.0 Å². The number of carbonyl (C=O) groups excluding carboxylic acids is 2. The van der Waals surface area contributed by atoms with E-state index in [2.05, 4.69) is 10.5 Å². The van der Waals surface area contributed by atoms with Crippen molar-refractivity contribution < 1.29 is 23.9 Å². The van der Waals surface area contributed by atoms with Gasteiger partial charge in [0.25, 0.3) is 0 Å². The maximum atomic E-state index is 12.8. The summed E-state index contributed by atoms with van der Waals surface area (Å²) >= 11 is 0. The average molecular weight is 409 g/mol. The Morgan fingerprint density at radius 2 is 1.77 bits per heavy atom. The summed E-state index contributed by atoms with van der Waals surface area (Å²) in [5.74, 6) is 0.793. The number of anilines is 1. The maximum absolute atomic E-state index is 12.8. The zero-order valence-electron chi connectivity index (χ0n) is 16.7. The smallest absolute Gasteiger partial charge is 0.355 e. The predicted molar refractivity (Wildman–Crippen MR) is 111 cm³/mol. The van der Waals surface area contributed by atoms with Crippen LogP contribution in [0.1, 0.15) is 19.3 Å². The second-order valence-electron chi connectivity index (χ2n) is 7.31. The second-order valence-corrected chi connectivity index (χ2v) is 7.31. The Balaban J connectivity index is 1.36. The number of likely N-dealkylation sites (tertiary alicyclic amines) is 1. The van der Waals surface area contributed by atoms with Crippen molar-refractivity contribution in [2.75, 3.05) is 25.5 Å². The normalized spacial score (nSPS) is 17.1.